The van der Waals surface area contributed by atoms with Gasteiger partial charge in [-0.05, 0) is 38.9 Å². The minimum atomic E-state index is 0.0247. The Labute approximate surface area is 149 Å². The Morgan fingerprint density at radius 1 is 1.24 bits per heavy atom. The number of amides is 1. The van der Waals surface area contributed by atoms with Crippen molar-refractivity contribution in [1.29, 1.82) is 0 Å². The predicted molar refractivity (Wildman–Crippen MR) is 98.3 cm³/mol. The Hall–Kier alpha value is -2.21. The molecule has 0 bridgehead atoms. The first-order chi connectivity index (χ1) is 12.0. The zero-order valence-corrected chi connectivity index (χ0v) is 15.4. The van der Waals surface area contributed by atoms with E-state index in [4.69, 9.17) is 0 Å². The van der Waals surface area contributed by atoms with Crippen molar-refractivity contribution in [2.24, 2.45) is 7.05 Å². The summed E-state index contributed by atoms with van der Waals surface area (Å²) in [5.41, 5.74) is 2.51. The Morgan fingerprint density at radius 3 is 2.80 bits per heavy atom. The molecule has 2 aromatic heterocycles. The first kappa shape index (κ1) is 17.6. The van der Waals surface area contributed by atoms with E-state index in [1.54, 1.807) is 23.3 Å². The van der Waals surface area contributed by atoms with E-state index in [1.807, 2.05) is 31.3 Å². The van der Waals surface area contributed by atoms with Crippen LogP contribution in [0.2, 0.25) is 0 Å². The summed E-state index contributed by atoms with van der Waals surface area (Å²) in [6.07, 6.45) is 12.0. The Morgan fingerprint density at radius 2 is 2.08 bits per heavy atom. The van der Waals surface area contributed by atoms with Gasteiger partial charge in [0.2, 0.25) is 0 Å². The minimum absolute atomic E-state index is 0.0247. The largest absolute Gasteiger partial charge is 0.342 e. The lowest BCUT2D eigenvalue weighted by Crippen LogP contribution is -2.39. The number of hydrogen-bond acceptors (Lipinski definition) is 4. The number of carbonyl (C=O) groups excluding carboxylic acids is 1. The first-order valence-corrected chi connectivity index (χ1v) is 8.94. The highest BCUT2D eigenvalue weighted by Gasteiger charge is 2.20. The van der Waals surface area contributed by atoms with Crippen LogP contribution in [0.15, 0.2) is 30.9 Å². The summed E-state index contributed by atoms with van der Waals surface area (Å²) in [6.45, 7) is 1.93. The fraction of sp³-hybridized carbons (Fsp3) is 0.526. The summed E-state index contributed by atoms with van der Waals surface area (Å²) in [4.78, 5) is 21.2. The second-order valence-corrected chi connectivity index (χ2v) is 7.01. The molecule has 1 fully saturated rings. The molecule has 1 atom stereocenters. The number of aryl methyl sites for hydroxylation is 1. The second kappa shape index (κ2) is 7.78. The third kappa shape index (κ3) is 4.25. The van der Waals surface area contributed by atoms with Crippen LogP contribution in [0.25, 0.3) is 11.1 Å². The van der Waals surface area contributed by atoms with Crippen LogP contribution in [0.3, 0.4) is 0 Å². The van der Waals surface area contributed by atoms with Gasteiger partial charge in [0.1, 0.15) is 0 Å². The molecule has 1 aliphatic rings. The molecule has 6 nitrogen and oxygen atoms in total. The van der Waals surface area contributed by atoms with E-state index < -0.39 is 0 Å². The monoisotopic (exact) mass is 341 g/mol. The molecule has 2 aromatic rings. The van der Waals surface area contributed by atoms with Crippen molar-refractivity contribution in [2.45, 2.75) is 31.7 Å². The number of piperidine rings is 1. The summed E-state index contributed by atoms with van der Waals surface area (Å²) >= 11 is 0. The van der Waals surface area contributed by atoms with Crippen molar-refractivity contribution < 1.29 is 4.79 Å². The molecule has 6 heteroatoms. The Balaban J connectivity index is 1.63. The van der Waals surface area contributed by atoms with Gasteiger partial charge in [0, 0.05) is 56.4 Å². The molecule has 0 N–H and O–H groups in total. The van der Waals surface area contributed by atoms with Crippen LogP contribution in [0.5, 0.6) is 0 Å². The van der Waals surface area contributed by atoms with Crippen molar-refractivity contribution in [1.82, 2.24) is 24.6 Å². The summed E-state index contributed by atoms with van der Waals surface area (Å²) in [7, 11) is 5.94. The number of rotatable bonds is 5. The van der Waals surface area contributed by atoms with Gasteiger partial charge in [0.25, 0.3) is 5.91 Å². The van der Waals surface area contributed by atoms with Crippen LogP contribution < -0.4 is 0 Å². The van der Waals surface area contributed by atoms with Crippen molar-refractivity contribution >= 4 is 5.91 Å². The van der Waals surface area contributed by atoms with Crippen LogP contribution in [-0.4, -0.2) is 63.7 Å². The molecule has 0 spiro atoms. The van der Waals surface area contributed by atoms with Crippen molar-refractivity contribution in [3.63, 3.8) is 0 Å². The van der Waals surface area contributed by atoms with E-state index in [-0.39, 0.29) is 5.91 Å². The molecule has 0 aliphatic carbocycles. The smallest absolute Gasteiger partial charge is 0.255 e. The van der Waals surface area contributed by atoms with Gasteiger partial charge in [-0.15, -0.1) is 0 Å². The summed E-state index contributed by atoms with van der Waals surface area (Å²) in [6, 6.07) is 2.49. The molecule has 3 heterocycles. The molecule has 134 valence electrons. The molecular formula is C19H27N5O. The zero-order chi connectivity index (χ0) is 17.8. The number of nitrogens with zero attached hydrogens (tertiary/aromatic N) is 5. The first-order valence-electron chi connectivity index (χ1n) is 8.94. The summed E-state index contributed by atoms with van der Waals surface area (Å²) in [5.74, 6) is 0.0247. The highest BCUT2D eigenvalue weighted by atomic mass is 16.2. The zero-order valence-electron chi connectivity index (χ0n) is 15.4. The van der Waals surface area contributed by atoms with Gasteiger partial charge in [0.05, 0.1) is 11.8 Å². The maximum atomic E-state index is 12.7. The minimum Gasteiger partial charge on any atom is -0.342 e. The fourth-order valence-corrected chi connectivity index (χ4v) is 3.46. The van der Waals surface area contributed by atoms with Crippen LogP contribution >= 0.6 is 0 Å². The van der Waals surface area contributed by atoms with Gasteiger partial charge in [-0.2, -0.15) is 5.10 Å². The lowest BCUT2D eigenvalue weighted by atomic mass is 10.00. The van der Waals surface area contributed by atoms with Crippen molar-refractivity contribution in [2.75, 3.05) is 27.2 Å². The normalized spacial score (nSPS) is 18.3. The number of carbonyl (C=O) groups is 1. The van der Waals surface area contributed by atoms with Gasteiger partial charge in [-0.1, -0.05) is 6.42 Å². The quantitative estimate of drug-likeness (QED) is 0.838. The molecule has 0 unspecified atom stereocenters. The lowest BCUT2D eigenvalue weighted by molar-refractivity contribution is 0.0770. The third-order valence-corrected chi connectivity index (χ3v) is 5.09. The summed E-state index contributed by atoms with van der Waals surface area (Å²) < 4.78 is 1.75. The van der Waals surface area contributed by atoms with Crippen LogP contribution in [0.4, 0.5) is 0 Å². The van der Waals surface area contributed by atoms with Gasteiger partial charge < -0.3 is 9.80 Å². The van der Waals surface area contributed by atoms with Gasteiger partial charge in [-0.25, -0.2) is 0 Å². The molecule has 3 rings (SSSR count). The van der Waals surface area contributed by atoms with E-state index in [0.717, 1.165) is 24.1 Å². The molecule has 1 saturated heterocycles. The van der Waals surface area contributed by atoms with Gasteiger partial charge >= 0.3 is 0 Å². The van der Waals surface area contributed by atoms with Crippen LogP contribution in [0.1, 0.15) is 36.0 Å². The van der Waals surface area contributed by atoms with E-state index in [1.165, 1.54) is 25.8 Å². The van der Waals surface area contributed by atoms with E-state index in [9.17, 15) is 4.79 Å². The molecular weight excluding hydrogens is 314 g/mol. The Bertz CT molecular complexity index is 726. The average Bonchev–Trinajstić information content (AvgIpc) is 3.07. The SMILES string of the molecule is CN(CC[C@H]1CCCCN1C)C(=O)c1cncc(-c2cnn(C)c2)c1. The highest BCUT2D eigenvalue weighted by molar-refractivity contribution is 5.94. The molecule has 1 aliphatic heterocycles. The molecule has 1 amide bonds. The van der Waals surface area contributed by atoms with Crippen LogP contribution in [0, 0.1) is 0 Å². The highest BCUT2D eigenvalue weighted by Crippen LogP contribution is 2.20. The molecule has 0 saturated carbocycles. The Kier molecular flexibility index (Phi) is 5.48. The van der Waals surface area contributed by atoms with E-state index in [2.05, 4.69) is 22.0 Å². The predicted octanol–water partition coefficient (Wildman–Crippen LogP) is 2.43. The van der Waals surface area contributed by atoms with Crippen molar-refractivity contribution in [3.8, 4) is 11.1 Å². The van der Waals surface area contributed by atoms with E-state index >= 15 is 0 Å². The second-order valence-electron chi connectivity index (χ2n) is 7.01. The molecule has 25 heavy (non-hydrogen) atoms. The number of hydrogen-bond donors (Lipinski definition) is 0. The van der Waals surface area contributed by atoms with Crippen LogP contribution in [-0.2, 0) is 7.05 Å². The van der Waals surface area contributed by atoms with Gasteiger partial charge in [-0.3, -0.25) is 14.5 Å². The average molecular weight is 341 g/mol. The number of pyridine rings is 1. The fourth-order valence-electron chi connectivity index (χ4n) is 3.46. The van der Waals surface area contributed by atoms with E-state index in [0.29, 0.717) is 11.6 Å². The topological polar surface area (TPSA) is 54.3 Å². The number of likely N-dealkylation sites (tertiary alicyclic amines) is 1. The van der Waals surface area contributed by atoms with Gasteiger partial charge in [0.15, 0.2) is 0 Å². The standard InChI is InChI=1S/C19H27N5O/c1-22-8-5-4-6-18(22)7-9-23(2)19(25)16-10-15(11-20-12-16)17-13-21-24(3)14-17/h10-14,18H,4-9H2,1-3H3/t18-/m1/s1. The number of aromatic nitrogens is 3. The summed E-state index contributed by atoms with van der Waals surface area (Å²) in [5, 5.41) is 4.18. The maximum absolute atomic E-state index is 12.7. The molecule has 0 aromatic carbocycles. The molecule has 0 radical (unpaired) electrons. The maximum Gasteiger partial charge on any atom is 0.255 e. The third-order valence-electron chi connectivity index (χ3n) is 5.09. The lowest BCUT2D eigenvalue weighted by Gasteiger charge is -2.33. The van der Waals surface area contributed by atoms with Crippen molar-refractivity contribution in [3.05, 3.63) is 36.4 Å².